The molecule has 7 heteroatoms. The molecule has 2 heterocycles. The first-order chi connectivity index (χ1) is 12.5. The van der Waals surface area contributed by atoms with E-state index in [0.29, 0.717) is 10.8 Å². The number of aromatic nitrogens is 2. The molecule has 1 aliphatic heterocycles. The van der Waals surface area contributed by atoms with Crippen molar-refractivity contribution in [1.82, 2.24) is 14.7 Å². The number of sulfonamides is 1. The summed E-state index contributed by atoms with van der Waals surface area (Å²) in [5, 5.41) is 0. The highest BCUT2D eigenvalue weighted by atomic mass is 32.2. The molecule has 0 radical (unpaired) electrons. The second-order valence-corrected chi connectivity index (χ2v) is 9.01. The zero-order chi connectivity index (χ0) is 18.1. The third kappa shape index (κ3) is 3.59. The van der Waals surface area contributed by atoms with Gasteiger partial charge in [-0.25, -0.2) is 23.1 Å². The average Bonchev–Trinajstić information content (AvgIpc) is 3.12. The first-order valence-corrected chi connectivity index (χ1v) is 10.7. The van der Waals surface area contributed by atoms with Crippen molar-refractivity contribution in [1.29, 1.82) is 0 Å². The van der Waals surface area contributed by atoms with E-state index < -0.39 is 10.0 Å². The van der Waals surface area contributed by atoms with Crippen molar-refractivity contribution >= 4 is 15.8 Å². The van der Waals surface area contributed by atoms with Crippen LogP contribution in [0.25, 0.3) is 0 Å². The molecule has 4 rings (SSSR count). The van der Waals surface area contributed by atoms with Crippen LogP contribution in [0.5, 0.6) is 0 Å². The van der Waals surface area contributed by atoms with E-state index in [-0.39, 0.29) is 6.04 Å². The minimum absolute atomic E-state index is 0.0317. The minimum atomic E-state index is -3.46. The molecule has 1 N–H and O–H groups in total. The third-order valence-corrected chi connectivity index (χ3v) is 6.80. The Morgan fingerprint density at radius 1 is 1.12 bits per heavy atom. The highest BCUT2D eigenvalue weighted by molar-refractivity contribution is 7.89. The Kier molecular flexibility index (Phi) is 4.67. The Morgan fingerprint density at radius 2 is 1.88 bits per heavy atom. The van der Waals surface area contributed by atoms with Crippen LogP contribution < -0.4 is 9.62 Å². The predicted octanol–water partition coefficient (Wildman–Crippen LogP) is 2.61. The van der Waals surface area contributed by atoms with E-state index >= 15 is 0 Å². The Bertz CT molecular complexity index is 888. The van der Waals surface area contributed by atoms with Crippen molar-refractivity contribution in [3.8, 4) is 0 Å². The minimum Gasteiger partial charge on any atom is -0.357 e. The van der Waals surface area contributed by atoms with Crippen LogP contribution in [0.15, 0.2) is 41.6 Å². The molecule has 138 valence electrons. The lowest BCUT2D eigenvalue weighted by atomic mass is 9.78. The first-order valence-electron chi connectivity index (χ1n) is 9.17. The van der Waals surface area contributed by atoms with Crippen LogP contribution in [0.4, 0.5) is 5.82 Å². The molecular formula is C19H24N4O2S. The van der Waals surface area contributed by atoms with Gasteiger partial charge in [0.2, 0.25) is 10.0 Å². The van der Waals surface area contributed by atoms with Gasteiger partial charge in [-0.2, -0.15) is 0 Å². The topological polar surface area (TPSA) is 75.2 Å². The highest BCUT2D eigenvalue weighted by Crippen LogP contribution is 2.37. The van der Waals surface area contributed by atoms with Gasteiger partial charge in [-0.15, -0.1) is 0 Å². The SMILES string of the molecule is Cc1cccc(S(=O)(=O)NC2CC(c3cc(N4CCCC4)ncn3)C2)c1. The van der Waals surface area contributed by atoms with Crippen LogP contribution in [-0.4, -0.2) is 37.5 Å². The van der Waals surface area contributed by atoms with Gasteiger partial charge in [0, 0.05) is 36.8 Å². The largest absolute Gasteiger partial charge is 0.357 e. The molecular weight excluding hydrogens is 348 g/mol. The summed E-state index contributed by atoms with van der Waals surface area (Å²) in [4.78, 5) is 11.4. The standard InChI is InChI=1S/C19H24N4O2S/c1-14-5-4-6-17(9-14)26(24,25)22-16-10-15(11-16)18-12-19(21-13-20-18)23-7-2-3-8-23/h4-6,9,12-13,15-16,22H,2-3,7-8,10-11H2,1H3. The van der Waals surface area contributed by atoms with Gasteiger partial charge in [-0.3, -0.25) is 0 Å². The molecule has 0 spiro atoms. The highest BCUT2D eigenvalue weighted by Gasteiger charge is 2.34. The van der Waals surface area contributed by atoms with Crippen molar-refractivity contribution < 1.29 is 8.42 Å². The lowest BCUT2D eigenvalue weighted by Crippen LogP contribution is -2.43. The second kappa shape index (κ2) is 6.96. The summed E-state index contributed by atoms with van der Waals surface area (Å²) in [6.07, 6.45) is 5.62. The maximum atomic E-state index is 12.5. The molecule has 1 aliphatic carbocycles. The van der Waals surface area contributed by atoms with Crippen molar-refractivity contribution in [3.63, 3.8) is 0 Å². The summed E-state index contributed by atoms with van der Waals surface area (Å²) in [5.41, 5.74) is 1.96. The molecule has 1 saturated heterocycles. The van der Waals surface area contributed by atoms with Crippen molar-refractivity contribution in [2.24, 2.45) is 0 Å². The van der Waals surface area contributed by atoms with Gasteiger partial charge >= 0.3 is 0 Å². The molecule has 0 atom stereocenters. The van der Waals surface area contributed by atoms with Gasteiger partial charge in [-0.05, 0) is 50.3 Å². The van der Waals surface area contributed by atoms with E-state index in [9.17, 15) is 8.42 Å². The summed E-state index contributed by atoms with van der Waals surface area (Å²) >= 11 is 0. The molecule has 0 bridgehead atoms. The quantitative estimate of drug-likeness (QED) is 0.873. The van der Waals surface area contributed by atoms with Crippen LogP contribution >= 0.6 is 0 Å². The second-order valence-electron chi connectivity index (χ2n) is 7.30. The van der Waals surface area contributed by atoms with Crippen molar-refractivity contribution in [3.05, 3.63) is 47.9 Å². The Balaban J connectivity index is 1.39. The van der Waals surface area contributed by atoms with Crippen molar-refractivity contribution in [2.75, 3.05) is 18.0 Å². The third-order valence-electron chi connectivity index (χ3n) is 5.28. The normalized spacial score (nSPS) is 23.0. The number of aryl methyl sites for hydroxylation is 1. The Hall–Kier alpha value is -1.99. The van der Waals surface area contributed by atoms with E-state index in [2.05, 4.69) is 25.7 Å². The number of anilines is 1. The van der Waals surface area contributed by atoms with Gasteiger partial charge in [0.1, 0.15) is 12.1 Å². The lowest BCUT2D eigenvalue weighted by molar-refractivity contribution is 0.320. The zero-order valence-corrected chi connectivity index (χ0v) is 15.7. The molecule has 2 fully saturated rings. The average molecular weight is 372 g/mol. The maximum absolute atomic E-state index is 12.5. The van der Waals surface area contributed by atoms with E-state index in [0.717, 1.165) is 43.0 Å². The fraction of sp³-hybridized carbons (Fsp3) is 0.474. The van der Waals surface area contributed by atoms with Gasteiger partial charge in [-0.1, -0.05) is 12.1 Å². The fourth-order valence-electron chi connectivity index (χ4n) is 3.73. The number of hydrogen-bond donors (Lipinski definition) is 1. The number of rotatable bonds is 5. The van der Waals surface area contributed by atoms with Crippen molar-refractivity contribution in [2.45, 2.75) is 49.5 Å². The van der Waals surface area contributed by atoms with Crippen LogP contribution in [-0.2, 0) is 10.0 Å². The summed E-state index contributed by atoms with van der Waals surface area (Å²) in [5.74, 6) is 1.29. The molecule has 0 unspecified atom stereocenters. The molecule has 6 nitrogen and oxygen atoms in total. The summed E-state index contributed by atoms with van der Waals surface area (Å²) in [6, 6.07) is 9.04. The summed E-state index contributed by atoms with van der Waals surface area (Å²) < 4.78 is 27.9. The van der Waals surface area contributed by atoms with Crippen LogP contribution in [0, 0.1) is 6.92 Å². The monoisotopic (exact) mass is 372 g/mol. The number of benzene rings is 1. The molecule has 1 saturated carbocycles. The molecule has 1 aromatic carbocycles. The molecule has 2 aliphatic rings. The molecule has 1 aromatic heterocycles. The molecule has 26 heavy (non-hydrogen) atoms. The number of nitrogens with one attached hydrogen (secondary N) is 1. The summed E-state index contributed by atoms with van der Waals surface area (Å²) in [7, 11) is -3.46. The molecule has 0 amide bonds. The zero-order valence-electron chi connectivity index (χ0n) is 14.9. The smallest absolute Gasteiger partial charge is 0.240 e. The first kappa shape index (κ1) is 17.4. The van der Waals surface area contributed by atoms with E-state index in [4.69, 9.17) is 0 Å². The van der Waals surface area contributed by atoms with E-state index in [1.54, 1.807) is 24.5 Å². The van der Waals surface area contributed by atoms with Gasteiger partial charge in [0.05, 0.1) is 4.90 Å². The summed E-state index contributed by atoms with van der Waals surface area (Å²) in [6.45, 7) is 4.01. The van der Waals surface area contributed by atoms with E-state index in [1.807, 2.05) is 13.0 Å². The van der Waals surface area contributed by atoms with E-state index in [1.165, 1.54) is 12.8 Å². The van der Waals surface area contributed by atoms with Crippen LogP contribution in [0.2, 0.25) is 0 Å². The number of hydrogen-bond acceptors (Lipinski definition) is 5. The fourth-order valence-corrected chi connectivity index (χ4v) is 5.10. The predicted molar refractivity (Wildman–Crippen MR) is 101 cm³/mol. The number of nitrogens with zero attached hydrogens (tertiary/aromatic N) is 3. The maximum Gasteiger partial charge on any atom is 0.240 e. The van der Waals surface area contributed by atoms with Gasteiger partial charge in [0.15, 0.2) is 0 Å². The van der Waals surface area contributed by atoms with Gasteiger partial charge < -0.3 is 4.90 Å². The van der Waals surface area contributed by atoms with Gasteiger partial charge in [0.25, 0.3) is 0 Å². The molecule has 2 aromatic rings. The van der Waals surface area contributed by atoms with Crippen LogP contribution in [0.1, 0.15) is 42.9 Å². The lowest BCUT2D eigenvalue weighted by Gasteiger charge is -2.35. The Labute approximate surface area is 154 Å². The Morgan fingerprint density at radius 3 is 2.62 bits per heavy atom. The van der Waals surface area contributed by atoms with Crippen LogP contribution in [0.3, 0.4) is 0 Å².